The molecular weight excluding hydrogens is 278 g/mol. The van der Waals surface area contributed by atoms with Gasteiger partial charge in [-0.3, -0.25) is 4.99 Å². The van der Waals surface area contributed by atoms with Gasteiger partial charge in [-0.1, -0.05) is 24.8 Å². The van der Waals surface area contributed by atoms with Crippen LogP contribution in [-0.4, -0.2) is 36.5 Å². The predicted molar refractivity (Wildman–Crippen MR) is 91.2 cm³/mol. The number of aromatic nitrogens is 2. The molecule has 6 heteroatoms. The summed E-state index contributed by atoms with van der Waals surface area (Å²) in [6.07, 6.45) is 12.1. The van der Waals surface area contributed by atoms with Gasteiger partial charge < -0.3 is 9.32 Å². The van der Waals surface area contributed by atoms with E-state index in [4.69, 9.17) is 4.42 Å². The van der Waals surface area contributed by atoms with Crippen LogP contribution in [0.15, 0.2) is 64.0 Å². The van der Waals surface area contributed by atoms with Gasteiger partial charge in [-0.15, -0.1) is 0 Å². The zero-order valence-corrected chi connectivity index (χ0v) is 12.4. The first-order chi connectivity index (χ1) is 10.7. The Kier molecular flexibility index (Phi) is 4.98. The molecule has 2 aromatic rings. The third-order valence-electron chi connectivity index (χ3n) is 3.09. The van der Waals surface area contributed by atoms with Gasteiger partial charge in [-0.05, 0) is 19.5 Å². The van der Waals surface area contributed by atoms with Crippen molar-refractivity contribution < 1.29 is 4.42 Å². The Hall–Kier alpha value is -3.02. The summed E-state index contributed by atoms with van der Waals surface area (Å²) in [5.74, 6) is 0.398. The van der Waals surface area contributed by atoms with Crippen molar-refractivity contribution in [2.75, 3.05) is 11.9 Å². The molecule has 0 saturated carbocycles. The van der Waals surface area contributed by atoms with Gasteiger partial charge in [0.1, 0.15) is 17.5 Å². The van der Waals surface area contributed by atoms with Crippen molar-refractivity contribution in [2.24, 2.45) is 9.98 Å². The van der Waals surface area contributed by atoms with Crippen LogP contribution >= 0.6 is 0 Å². The Morgan fingerprint density at radius 3 is 2.86 bits per heavy atom. The molecule has 0 amide bonds. The van der Waals surface area contributed by atoms with Crippen LogP contribution < -0.4 is 4.90 Å². The summed E-state index contributed by atoms with van der Waals surface area (Å²) in [5, 5.41) is 0. The number of hydrogen-bond acceptors (Lipinski definition) is 6. The minimum Gasteiger partial charge on any atom is -0.433 e. The SMILES string of the molecule is C=CC=CC(/C=C\N=C)N(C)c1c(N=C)oc2cncnc12. The zero-order chi connectivity index (χ0) is 15.9. The fourth-order valence-electron chi connectivity index (χ4n) is 2.06. The fraction of sp³-hybridized carbons (Fsp3) is 0.125. The van der Waals surface area contributed by atoms with Crippen molar-refractivity contribution in [1.82, 2.24) is 9.97 Å². The highest BCUT2D eigenvalue weighted by atomic mass is 16.4. The highest BCUT2D eigenvalue weighted by Gasteiger charge is 2.21. The lowest BCUT2D eigenvalue weighted by Crippen LogP contribution is -2.28. The highest BCUT2D eigenvalue weighted by Crippen LogP contribution is 2.38. The number of likely N-dealkylation sites (N-methyl/N-ethyl adjacent to an activating group) is 1. The number of furan rings is 1. The molecule has 0 aromatic carbocycles. The molecule has 0 saturated heterocycles. The second-order valence-corrected chi connectivity index (χ2v) is 4.40. The van der Waals surface area contributed by atoms with Crippen molar-refractivity contribution in [3.05, 3.63) is 49.6 Å². The number of aliphatic imine (C=N–C) groups is 2. The maximum atomic E-state index is 5.63. The van der Waals surface area contributed by atoms with E-state index >= 15 is 0 Å². The summed E-state index contributed by atoms with van der Waals surface area (Å²) < 4.78 is 5.63. The molecule has 0 N–H and O–H groups in total. The molecule has 22 heavy (non-hydrogen) atoms. The summed E-state index contributed by atoms with van der Waals surface area (Å²) in [7, 11) is 1.91. The van der Waals surface area contributed by atoms with Gasteiger partial charge in [-0.2, -0.15) is 0 Å². The molecule has 0 spiro atoms. The van der Waals surface area contributed by atoms with Crippen molar-refractivity contribution in [3.63, 3.8) is 0 Å². The standard InChI is InChI=1S/C16H17N5O/c1-5-6-7-12(8-9-17-2)21(4)15-14-13(10-19-11-20-14)22-16(15)18-3/h5-12H,1-3H2,4H3/b7-6?,9-8-. The summed E-state index contributed by atoms with van der Waals surface area (Å²) in [4.78, 5) is 17.9. The third-order valence-corrected chi connectivity index (χ3v) is 3.09. The topological polar surface area (TPSA) is 66.9 Å². The van der Waals surface area contributed by atoms with E-state index in [2.05, 4.69) is 40.0 Å². The number of fused-ring (bicyclic) bond motifs is 1. The highest BCUT2D eigenvalue weighted by molar-refractivity contribution is 5.93. The van der Waals surface area contributed by atoms with Gasteiger partial charge >= 0.3 is 0 Å². The van der Waals surface area contributed by atoms with E-state index in [0.29, 0.717) is 17.0 Å². The minimum absolute atomic E-state index is 0.0974. The van der Waals surface area contributed by atoms with Crippen LogP contribution in [0.4, 0.5) is 11.6 Å². The zero-order valence-electron chi connectivity index (χ0n) is 12.4. The van der Waals surface area contributed by atoms with Gasteiger partial charge in [-0.25, -0.2) is 15.0 Å². The molecule has 1 unspecified atom stereocenters. The third kappa shape index (κ3) is 3.01. The van der Waals surface area contributed by atoms with Crippen LogP contribution in [0, 0.1) is 0 Å². The van der Waals surface area contributed by atoms with E-state index in [1.54, 1.807) is 18.5 Å². The van der Waals surface area contributed by atoms with Crippen LogP contribution in [0.1, 0.15) is 0 Å². The van der Waals surface area contributed by atoms with E-state index in [9.17, 15) is 0 Å². The maximum Gasteiger partial charge on any atom is 0.245 e. The number of allylic oxidation sites excluding steroid dienone is 2. The molecule has 0 aliphatic rings. The Bertz CT molecular complexity index is 726. The average Bonchev–Trinajstić information content (AvgIpc) is 2.93. The molecule has 2 heterocycles. The second kappa shape index (κ2) is 7.12. The Labute approximate surface area is 128 Å². The number of nitrogens with zero attached hydrogens (tertiary/aromatic N) is 5. The second-order valence-electron chi connectivity index (χ2n) is 4.40. The number of rotatable bonds is 7. The summed E-state index contributed by atoms with van der Waals surface area (Å²) >= 11 is 0. The van der Waals surface area contributed by atoms with Crippen LogP contribution in [0.3, 0.4) is 0 Å². The first-order valence-electron chi connectivity index (χ1n) is 6.56. The van der Waals surface area contributed by atoms with E-state index in [1.807, 2.05) is 30.2 Å². The molecule has 1 atom stereocenters. The lowest BCUT2D eigenvalue weighted by molar-refractivity contribution is 0.622. The molecule has 0 radical (unpaired) electrons. The fourth-order valence-corrected chi connectivity index (χ4v) is 2.06. The van der Waals surface area contributed by atoms with E-state index < -0.39 is 0 Å². The molecule has 0 aliphatic carbocycles. The molecular formula is C16H17N5O. The van der Waals surface area contributed by atoms with Crippen molar-refractivity contribution in [3.8, 4) is 0 Å². The van der Waals surface area contributed by atoms with Gasteiger partial charge in [0.2, 0.25) is 5.88 Å². The molecule has 0 bridgehead atoms. The van der Waals surface area contributed by atoms with Crippen molar-refractivity contribution in [2.45, 2.75) is 6.04 Å². The van der Waals surface area contributed by atoms with Crippen LogP contribution in [-0.2, 0) is 0 Å². The predicted octanol–water partition coefficient (Wildman–Crippen LogP) is 3.32. The Morgan fingerprint density at radius 2 is 2.18 bits per heavy atom. The van der Waals surface area contributed by atoms with E-state index in [-0.39, 0.29) is 6.04 Å². The molecule has 2 rings (SSSR count). The molecule has 112 valence electrons. The van der Waals surface area contributed by atoms with Crippen LogP contribution in [0.5, 0.6) is 0 Å². The molecule has 0 aliphatic heterocycles. The van der Waals surface area contributed by atoms with Crippen LogP contribution in [0.25, 0.3) is 11.1 Å². The molecule has 6 nitrogen and oxygen atoms in total. The van der Waals surface area contributed by atoms with E-state index in [1.165, 1.54) is 6.33 Å². The summed E-state index contributed by atoms with van der Waals surface area (Å²) in [6, 6.07) is -0.0974. The maximum absolute atomic E-state index is 5.63. The van der Waals surface area contributed by atoms with Crippen molar-refractivity contribution in [1.29, 1.82) is 0 Å². The van der Waals surface area contributed by atoms with Crippen molar-refractivity contribution >= 4 is 36.1 Å². The average molecular weight is 295 g/mol. The van der Waals surface area contributed by atoms with Crippen LogP contribution in [0.2, 0.25) is 0 Å². The van der Waals surface area contributed by atoms with Gasteiger partial charge in [0.15, 0.2) is 5.58 Å². The smallest absolute Gasteiger partial charge is 0.245 e. The Morgan fingerprint density at radius 1 is 1.36 bits per heavy atom. The molecule has 0 fully saturated rings. The Balaban J connectivity index is 2.53. The summed E-state index contributed by atoms with van der Waals surface area (Å²) in [6.45, 7) is 10.7. The largest absolute Gasteiger partial charge is 0.433 e. The quantitative estimate of drug-likeness (QED) is 0.580. The summed E-state index contributed by atoms with van der Waals surface area (Å²) in [5.41, 5.74) is 1.97. The lowest BCUT2D eigenvalue weighted by Gasteiger charge is -2.24. The first-order valence-corrected chi connectivity index (χ1v) is 6.56. The monoisotopic (exact) mass is 295 g/mol. The van der Waals surface area contributed by atoms with Gasteiger partial charge in [0.25, 0.3) is 0 Å². The lowest BCUT2D eigenvalue weighted by atomic mass is 10.2. The van der Waals surface area contributed by atoms with E-state index in [0.717, 1.165) is 5.69 Å². The van der Waals surface area contributed by atoms with Gasteiger partial charge in [0, 0.05) is 13.2 Å². The molecule has 2 aromatic heterocycles. The normalized spacial score (nSPS) is 12.8. The number of anilines is 1. The van der Waals surface area contributed by atoms with Gasteiger partial charge in [0.05, 0.1) is 12.2 Å². The first kappa shape index (κ1) is 15.4. The minimum atomic E-state index is -0.0974. The number of hydrogen-bond donors (Lipinski definition) is 0.